The summed E-state index contributed by atoms with van der Waals surface area (Å²) in [7, 11) is 3.67. The Morgan fingerprint density at radius 3 is 2.67 bits per heavy atom. The van der Waals surface area contributed by atoms with Crippen molar-refractivity contribution in [1.29, 1.82) is 0 Å². The van der Waals surface area contributed by atoms with E-state index < -0.39 is 11.9 Å². The molecule has 0 N–H and O–H groups in total. The van der Waals surface area contributed by atoms with Crippen LogP contribution in [0.25, 0.3) is 0 Å². The lowest BCUT2D eigenvalue weighted by Crippen LogP contribution is -2.31. The van der Waals surface area contributed by atoms with Gasteiger partial charge < -0.3 is 14.5 Å². The van der Waals surface area contributed by atoms with Gasteiger partial charge in [0.1, 0.15) is 11.8 Å². The molecule has 1 amide bonds. The van der Waals surface area contributed by atoms with E-state index in [0.29, 0.717) is 31.2 Å². The third kappa shape index (κ3) is 4.44. The largest absolute Gasteiger partial charge is 0.471 e. The molecule has 1 unspecified atom stereocenters. The number of likely N-dealkylation sites (tertiary alicyclic amines) is 1. The second-order valence-corrected chi connectivity index (χ2v) is 6.32. The van der Waals surface area contributed by atoms with E-state index >= 15 is 0 Å². The molecule has 0 spiro atoms. The van der Waals surface area contributed by atoms with Crippen LogP contribution < -0.4 is 9.64 Å². The minimum absolute atomic E-state index is 0.109. The molecule has 7 nitrogen and oxygen atoms in total. The number of anilines is 1. The molecule has 0 saturated carbocycles. The fourth-order valence-corrected chi connectivity index (χ4v) is 2.66. The zero-order valence-corrected chi connectivity index (χ0v) is 14.8. The van der Waals surface area contributed by atoms with Crippen molar-refractivity contribution in [3.8, 4) is 5.88 Å². The van der Waals surface area contributed by atoms with Crippen molar-refractivity contribution in [1.82, 2.24) is 19.9 Å². The molecule has 1 atom stereocenters. The summed E-state index contributed by atoms with van der Waals surface area (Å²) in [5, 5.41) is 0. The van der Waals surface area contributed by atoms with E-state index in [1.807, 2.05) is 14.1 Å². The lowest BCUT2D eigenvalue weighted by Gasteiger charge is -2.18. The number of pyridine rings is 1. The first kappa shape index (κ1) is 18.9. The Balaban J connectivity index is 1.62. The highest BCUT2D eigenvalue weighted by Crippen LogP contribution is 2.27. The van der Waals surface area contributed by atoms with Gasteiger partial charge in [-0.3, -0.25) is 14.8 Å². The van der Waals surface area contributed by atoms with E-state index in [2.05, 4.69) is 15.0 Å². The molecule has 144 valence electrons. The summed E-state index contributed by atoms with van der Waals surface area (Å²) in [6, 6.07) is 1.94. The number of hydrogen-bond acceptors (Lipinski definition) is 6. The predicted octanol–water partition coefficient (Wildman–Crippen LogP) is 2.25. The van der Waals surface area contributed by atoms with Crippen molar-refractivity contribution >= 4 is 11.7 Å². The van der Waals surface area contributed by atoms with Crippen LogP contribution in [0.15, 0.2) is 30.7 Å². The summed E-state index contributed by atoms with van der Waals surface area (Å²) >= 11 is 0. The van der Waals surface area contributed by atoms with Crippen LogP contribution in [-0.2, 0) is 6.18 Å². The van der Waals surface area contributed by atoms with Gasteiger partial charge in [-0.1, -0.05) is 0 Å². The SMILES string of the molecule is CN(C)c1cncc(OC2CCN(C(=O)c3ccc(C(F)(F)F)nc3)C2)n1. The average molecular weight is 381 g/mol. The molecular weight excluding hydrogens is 363 g/mol. The van der Waals surface area contributed by atoms with E-state index in [-0.39, 0.29) is 17.6 Å². The van der Waals surface area contributed by atoms with Crippen LogP contribution in [-0.4, -0.2) is 59.0 Å². The number of carbonyl (C=O) groups is 1. The van der Waals surface area contributed by atoms with Crippen molar-refractivity contribution in [3.63, 3.8) is 0 Å². The highest BCUT2D eigenvalue weighted by Gasteiger charge is 2.33. The molecule has 1 aliphatic heterocycles. The monoisotopic (exact) mass is 381 g/mol. The molecule has 0 aromatic carbocycles. The first-order valence-corrected chi connectivity index (χ1v) is 8.22. The number of alkyl halides is 3. The van der Waals surface area contributed by atoms with E-state index in [4.69, 9.17) is 4.74 Å². The number of amides is 1. The maximum absolute atomic E-state index is 12.6. The Morgan fingerprint density at radius 1 is 1.26 bits per heavy atom. The average Bonchev–Trinajstić information content (AvgIpc) is 3.09. The molecule has 2 aromatic rings. The molecule has 1 saturated heterocycles. The first-order chi connectivity index (χ1) is 12.7. The molecule has 1 aliphatic rings. The maximum atomic E-state index is 12.6. The zero-order valence-electron chi connectivity index (χ0n) is 14.8. The van der Waals surface area contributed by atoms with Crippen LogP contribution >= 0.6 is 0 Å². The van der Waals surface area contributed by atoms with Gasteiger partial charge in [-0.2, -0.15) is 18.2 Å². The number of carbonyl (C=O) groups excluding carboxylic acids is 1. The number of hydrogen-bond donors (Lipinski definition) is 0. The number of aromatic nitrogens is 3. The Bertz CT molecular complexity index is 811. The first-order valence-electron chi connectivity index (χ1n) is 8.22. The van der Waals surface area contributed by atoms with Crippen LogP contribution in [0.3, 0.4) is 0 Å². The summed E-state index contributed by atoms with van der Waals surface area (Å²) in [4.78, 5) is 27.5. The van der Waals surface area contributed by atoms with Gasteiger partial charge in [0.2, 0.25) is 5.88 Å². The normalized spacial score (nSPS) is 17.1. The van der Waals surface area contributed by atoms with Gasteiger partial charge in [0.15, 0.2) is 5.82 Å². The molecule has 3 rings (SSSR count). The lowest BCUT2D eigenvalue weighted by atomic mass is 10.2. The van der Waals surface area contributed by atoms with Crippen LogP contribution in [0.5, 0.6) is 5.88 Å². The number of nitrogens with zero attached hydrogens (tertiary/aromatic N) is 5. The van der Waals surface area contributed by atoms with Crippen molar-refractivity contribution in [2.24, 2.45) is 0 Å². The van der Waals surface area contributed by atoms with Crippen molar-refractivity contribution in [2.75, 3.05) is 32.1 Å². The van der Waals surface area contributed by atoms with Gasteiger partial charge in [0.25, 0.3) is 5.91 Å². The minimum atomic E-state index is -4.53. The lowest BCUT2D eigenvalue weighted by molar-refractivity contribution is -0.141. The van der Waals surface area contributed by atoms with Crippen LogP contribution in [0, 0.1) is 0 Å². The molecule has 27 heavy (non-hydrogen) atoms. The maximum Gasteiger partial charge on any atom is 0.433 e. The molecular formula is C17H18F3N5O2. The third-order valence-corrected chi connectivity index (χ3v) is 4.08. The summed E-state index contributed by atoms with van der Waals surface area (Å²) < 4.78 is 43.5. The van der Waals surface area contributed by atoms with E-state index in [9.17, 15) is 18.0 Å². The molecule has 3 heterocycles. The summed E-state index contributed by atoms with van der Waals surface area (Å²) in [5.74, 6) is 0.626. The van der Waals surface area contributed by atoms with Gasteiger partial charge >= 0.3 is 6.18 Å². The van der Waals surface area contributed by atoms with Gasteiger partial charge in [-0.25, -0.2) is 0 Å². The fourth-order valence-electron chi connectivity index (χ4n) is 2.66. The third-order valence-electron chi connectivity index (χ3n) is 4.08. The molecule has 0 aliphatic carbocycles. The van der Waals surface area contributed by atoms with Crippen molar-refractivity contribution < 1.29 is 22.7 Å². The topological polar surface area (TPSA) is 71.5 Å². The molecule has 1 fully saturated rings. The van der Waals surface area contributed by atoms with Gasteiger partial charge in [-0.05, 0) is 12.1 Å². The Kier molecular flexibility index (Phi) is 5.15. The standard InChI is InChI=1S/C17H18F3N5O2/c1-24(2)14-8-21-9-15(23-14)27-12-5-6-25(10-12)16(26)11-3-4-13(22-7-11)17(18,19)20/h3-4,7-9,12H,5-6,10H2,1-2H3. The minimum Gasteiger partial charge on any atom is -0.471 e. The van der Waals surface area contributed by atoms with Crippen LogP contribution in [0.2, 0.25) is 0 Å². The predicted molar refractivity (Wildman–Crippen MR) is 90.5 cm³/mol. The molecule has 10 heteroatoms. The highest BCUT2D eigenvalue weighted by molar-refractivity contribution is 5.94. The quantitative estimate of drug-likeness (QED) is 0.809. The van der Waals surface area contributed by atoms with Gasteiger partial charge in [-0.15, -0.1) is 0 Å². The zero-order chi connectivity index (χ0) is 19.6. The Morgan fingerprint density at radius 2 is 2.04 bits per heavy atom. The van der Waals surface area contributed by atoms with Crippen molar-refractivity contribution in [3.05, 3.63) is 42.0 Å². The summed E-state index contributed by atoms with van der Waals surface area (Å²) in [6.07, 6.45) is -0.148. The molecule has 2 aromatic heterocycles. The van der Waals surface area contributed by atoms with E-state index in [1.54, 1.807) is 11.1 Å². The molecule has 0 radical (unpaired) electrons. The van der Waals surface area contributed by atoms with Crippen LogP contribution in [0.1, 0.15) is 22.5 Å². The summed E-state index contributed by atoms with van der Waals surface area (Å²) in [6.45, 7) is 0.749. The van der Waals surface area contributed by atoms with Gasteiger partial charge in [0, 0.05) is 33.3 Å². The fraction of sp³-hybridized carbons (Fsp3) is 0.412. The highest BCUT2D eigenvalue weighted by atomic mass is 19.4. The van der Waals surface area contributed by atoms with E-state index in [0.717, 1.165) is 18.3 Å². The van der Waals surface area contributed by atoms with Crippen LogP contribution in [0.4, 0.5) is 19.0 Å². The molecule has 0 bridgehead atoms. The smallest absolute Gasteiger partial charge is 0.433 e. The number of ether oxygens (including phenoxy) is 1. The Labute approximate surface area is 153 Å². The Hall–Kier alpha value is -2.91. The number of halogens is 3. The van der Waals surface area contributed by atoms with Crippen molar-refractivity contribution in [2.45, 2.75) is 18.7 Å². The van der Waals surface area contributed by atoms with E-state index in [1.165, 1.54) is 11.1 Å². The summed E-state index contributed by atoms with van der Waals surface area (Å²) in [5.41, 5.74) is -0.918. The second kappa shape index (κ2) is 7.37. The number of rotatable bonds is 4. The second-order valence-electron chi connectivity index (χ2n) is 6.32. The van der Waals surface area contributed by atoms with Gasteiger partial charge in [0.05, 0.1) is 24.5 Å².